The molecular weight excluding hydrogens is 310 g/mol. The second-order valence-electron chi connectivity index (χ2n) is 5.20. The van der Waals surface area contributed by atoms with Gasteiger partial charge in [0, 0.05) is 22.3 Å². The van der Waals surface area contributed by atoms with Gasteiger partial charge in [-0.25, -0.2) is 4.98 Å². The Labute approximate surface area is 137 Å². The largest absolute Gasteiger partial charge is 0.397 e. The summed E-state index contributed by atoms with van der Waals surface area (Å²) >= 11 is 1.23. The fourth-order valence-electron chi connectivity index (χ4n) is 2.36. The monoisotopic (exact) mass is 325 g/mol. The number of thiophene rings is 1. The average molecular weight is 325 g/mol. The van der Waals surface area contributed by atoms with Crippen LogP contribution in [0, 0.1) is 6.92 Å². The summed E-state index contributed by atoms with van der Waals surface area (Å²) < 4.78 is 0. The highest BCUT2D eigenvalue weighted by Gasteiger charge is 2.19. The highest BCUT2D eigenvalue weighted by atomic mass is 32.1. The maximum Gasteiger partial charge on any atom is 0.267 e. The molecule has 0 bridgehead atoms. The number of rotatable bonds is 3. The van der Waals surface area contributed by atoms with Crippen LogP contribution >= 0.6 is 11.3 Å². The molecule has 1 amide bonds. The lowest BCUT2D eigenvalue weighted by Gasteiger charge is -2.03. The molecule has 0 radical (unpaired) electrons. The third-order valence-electron chi connectivity index (χ3n) is 3.53. The first kappa shape index (κ1) is 15.2. The number of aryl methyl sites for hydroxylation is 1. The molecule has 0 spiro atoms. The van der Waals surface area contributed by atoms with Gasteiger partial charge in [0.15, 0.2) is 5.78 Å². The number of ketones is 1. The molecule has 0 aliphatic heterocycles. The van der Waals surface area contributed by atoms with E-state index < -0.39 is 0 Å². The number of pyridine rings is 1. The van der Waals surface area contributed by atoms with E-state index in [9.17, 15) is 9.59 Å². The first-order chi connectivity index (χ1) is 11.0. The van der Waals surface area contributed by atoms with E-state index in [2.05, 4.69) is 10.3 Å². The molecule has 0 saturated carbocycles. The number of hydrogen-bond acceptors (Lipinski definition) is 5. The molecule has 0 unspecified atom stereocenters. The number of nitrogens with zero attached hydrogens (tertiary/aromatic N) is 1. The maximum absolute atomic E-state index is 12.4. The second kappa shape index (κ2) is 5.81. The van der Waals surface area contributed by atoms with Crippen molar-refractivity contribution in [1.29, 1.82) is 0 Å². The van der Waals surface area contributed by atoms with Gasteiger partial charge < -0.3 is 11.1 Å². The van der Waals surface area contributed by atoms with Crippen LogP contribution < -0.4 is 11.1 Å². The molecular formula is C17H15N3O2S. The van der Waals surface area contributed by atoms with Crippen LogP contribution in [0.5, 0.6) is 0 Å². The number of aromatic nitrogens is 1. The van der Waals surface area contributed by atoms with Crippen LogP contribution in [0.25, 0.3) is 10.2 Å². The quantitative estimate of drug-likeness (QED) is 0.720. The molecule has 1 aromatic carbocycles. The molecule has 0 fully saturated rings. The highest BCUT2D eigenvalue weighted by molar-refractivity contribution is 7.21. The van der Waals surface area contributed by atoms with Gasteiger partial charge in [-0.3, -0.25) is 9.59 Å². The lowest BCUT2D eigenvalue weighted by atomic mass is 10.1. The van der Waals surface area contributed by atoms with Crippen molar-refractivity contribution in [3.8, 4) is 0 Å². The van der Waals surface area contributed by atoms with Gasteiger partial charge in [0.05, 0.1) is 5.69 Å². The summed E-state index contributed by atoms with van der Waals surface area (Å²) in [6.07, 6.45) is 0. The van der Waals surface area contributed by atoms with E-state index in [-0.39, 0.29) is 11.7 Å². The number of hydrogen-bond donors (Lipinski definition) is 2. The molecule has 3 rings (SSSR count). The summed E-state index contributed by atoms with van der Waals surface area (Å²) in [5.41, 5.74) is 8.33. The summed E-state index contributed by atoms with van der Waals surface area (Å²) in [6.45, 7) is 3.26. The third-order valence-corrected chi connectivity index (χ3v) is 4.64. The van der Waals surface area contributed by atoms with Crippen LogP contribution in [0.2, 0.25) is 0 Å². The number of para-hydroxylation sites is 1. The minimum absolute atomic E-state index is 0.0715. The van der Waals surface area contributed by atoms with Gasteiger partial charge in [-0.05, 0) is 32.0 Å². The molecule has 0 aliphatic carbocycles. The molecule has 3 aromatic rings. The number of carbonyl (C=O) groups is 2. The van der Waals surface area contributed by atoms with Crippen molar-refractivity contribution in [3.63, 3.8) is 0 Å². The van der Waals surface area contributed by atoms with Crippen LogP contribution in [0.1, 0.15) is 32.6 Å². The lowest BCUT2D eigenvalue weighted by Crippen LogP contribution is -2.11. The number of anilines is 2. The number of nitrogens with two attached hydrogens (primary N) is 1. The predicted octanol–water partition coefficient (Wildman–Crippen LogP) is 3.64. The third kappa shape index (κ3) is 2.80. The van der Waals surface area contributed by atoms with Gasteiger partial charge in [0.1, 0.15) is 9.71 Å². The fraction of sp³-hybridized carbons (Fsp3) is 0.118. The Morgan fingerprint density at radius 2 is 1.91 bits per heavy atom. The summed E-state index contributed by atoms with van der Waals surface area (Å²) in [5.74, 6) is -0.350. The zero-order valence-corrected chi connectivity index (χ0v) is 13.5. The zero-order valence-electron chi connectivity index (χ0n) is 12.7. The minimum atomic E-state index is -0.279. The van der Waals surface area contributed by atoms with E-state index >= 15 is 0 Å². The molecule has 116 valence electrons. The number of carbonyl (C=O) groups excluding carboxylic acids is 2. The van der Waals surface area contributed by atoms with Crippen LogP contribution in [0.15, 0.2) is 36.4 Å². The van der Waals surface area contributed by atoms with Gasteiger partial charge in [0.2, 0.25) is 0 Å². The molecule has 23 heavy (non-hydrogen) atoms. The van der Waals surface area contributed by atoms with Crippen molar-refractivity contribution in [2.24, 2.45) is 0 Å². The summed E-state index contributed by atoms with van der Waals surface area (Å²) in [4.78, 5) is 29.5. The first-order valence-electron chi connectivity index (χ1n) is 7.04. The Morgan fingerprint density at radius 3 is 2.57 bits per heavy atom. The Balaban J connectivity index is 2.03. The number of Topliss-reactive ketones (excluding diaryl/α,β-unsaturated/α-hetero) is 1. The highest BCUT2D eigenvalue weighted by Crippen LogP contribution is 2.34. The number of nitrogens with one attached hydrogen (secondary N) is 1. The van der Waals surface area contributed by atoms with Crippen molar-refractivity contribution in [2.75, 3.05) is 11.1 Å². The van der Waals surface area contributed by atoms with Crippen LogP contribution in [-0.4, -0.2) is 16.7 Å². The van der Waals surface area contributed by atoms with E-state index in [0.29, 0.717) is 37.7 Å². The Kier molecular flexibility index (Phi) is 3.83. The number of amides is 1. The van der Waals surface area contributed by atoms with Crippen molar-refractivity contribution in [1.82, 2.24) is 4.98 Å². The van der Waals surface area contributed by atoms with E-state index in [0.717, 1.165) is 0 Å². The SMILES string of the molecule is CC(=O)c1cc2c(N)c(C(=O)Nc3ccccc3)sc2nc1C. The maximum atomic E-state index is 12.4. The standard InChI is InChI=1S/C17H15N3O2S/c1-9-12(10(2)21)8-13-14(18)15(23-17(13)19-9)16(22)20-11-6-4-3-5-7-11/h3-8H,18H2,1-2H3,(H,20,22). The van der Waals surface area contributed by atoms with Gasteiger partial charge in [-0.15, -0.1) is 11.3 Å². The molecule has 5 nitrogen and oxygen atoms in total. The zero-order chi connectivity index (χ0) is 16.6. The summed E-state index contributed by atoms with van der Waals surface area (Å²) in [6, 6.07) is 10.9. The van der Waals surface area contributed by atoms with Crippen molar-refractivity contribution < 1.29 is 9.59 Å². The van der Waals surface area contributed by atoms with Crippen LogP contribution in [0.4, 0.5) is 11.4 Å². The van der Waals surface area contributed by atoms with Gasteiger partial charge in [-0.2, -0.15) is 0 Å². The Hall–Kier alpha value is -2.73. The van der Waals surface area contributed by atoms with E-state index in [1.165, 1.54) is 18.3 Å². The molecule has 3 N–H and O–H groups in total. The second-order valence-corrected chi connectivity index (χ2v) is 6.19. The van der Waals surface area contributed by atoms with Crippen LogP contribution in [-0.2, 0) is 0 Å². The number of nitrogen functional groups attached to an aromatic ring is 1. The van der Waals surface area contributed by atoms with E-state index in [4.69, 9.17) is 5.73 Å². The van der Waals surface area contributed by atoms with Crippen LogP contribution in [0.3, 0.4) is 0 Å². The molecule has 0 atom stereocenters. The van der Waals surface area contributed by atoms with E-state index in [1.54, 1.807) is 25.1 Å². The normalized spacial score (nSPS) is 10.7. The summed E-state index contributed by atoms with van der Waals surface area (Å²) in [7, 11) is 0. The Bertz CT molecular complexity index is 916. The van der Waals surface area contributed by atoms with Crippen molar-refractivity contribution in [2.45, 2.75) is 13.8 Å². The van der Waals surface area contributed by atoms with Crippen molar-refractivity contribution >= 4 is 44.6 Å². The molecule has 6 heteroatoms. The summed E-state index contributed by atoms with van der Waals surface area (Å²) in [5, 5.41) is 3.45. The molecule has 0 saturated heterocycles. The smallest absolute Gasteiger partial charge is 0.267 e. The number of fused-ring (bicyclic) bond motifs is 1. The lowest BCUT2D eigenvalue weighted by molar-refractivity contribution is 0.101. The van der Waals surface area contributed by atoms with Crippen molar-refractivity contribution in [3.05, 3.63) is 52.5 Å². The van der Waals surface area contributed by atoms with E-state index in [1.807, 2.05) is 18.2 Å². The Morgan fingerprint density at radius 1 is 1.22 bits per heavy atom. The predicted molar refractivity (Wildman–Crippen MR) is 93.2 cm³/mol. The molecule has 0 aliphatic rings. The number of benzene rings is 1. The average Bonchev–Trinajstić information content (AvgIpc) is 2.83. The fourth-order valence-corrected chi connectivity index (χ4v) is 3.38. The topological polar surface area (TPSA) is 85.1 Å². The molecule has 2 heterocycles. The minimum Gasteiger partial charge on any atom is -0.397 e. The first-order valence-corrected chi connectivity index (χ1v) is 7.86. The van der Waals surface area contributed by atoms with Gasteiger partial charge in [0.25, 0.3) is 5.91 Å². The van der Waals surface area contributed by atoms with Gasteiger partial charge in [-0.1, -0.05) is 18.2 Å². The van der Waals surface area contributed by atoms with Gasteiger partial charge >= 0.3 is 0 Å². The molecule has 2 aromatic heterocycles.